The van der Waals surface area contributed by atoms with Crippen LogP contribution in [0.5, 0.6) is 0 Å². The van der Waals surface area contributed by atoms with Crippen molar-refractivity contribution in [3.05, 3.63) is 35.9 Å². The van der Waals surface area contributed by atoms with Crippen molar-refractivity contribution in [1.82, 2.24) is 10.2 Å². The van der Waals surface area contributed by atoms with Gasteiger partial charge in [-0.15, -0.1) is 0 Å². The number of likely N-dealkylation sites (N-methyl/N-ethyl adjacent to an activating group) is 1. The third-order valence-corrected chi connectivity index (χ3v) is 4.78. The van der Waals surface area contributed by atoms with Gasteiger partial charge in [0.2, 0.25) is 0 Å². The van der Waals surface area contributed by atoms with Crippen molar-refractivity contribution in [3.63, 3.8) is 0 Å². The number of hydrogen-bond donors (Lipinski definition) is 2. The number of nitrogens with zero attached hydrogens (tertiary/aromatic N) is 1. The van der Waals surface area contributed by atoms with Crippen molar-refractivity contribution in [2.75, 3.05) is 20.3 Å². The minimum atomic E-state index is -0.997. The second kappa shape index (κ2) is 6.86. The number of nitrogens with one attached hydrogen (secondary N) is 1. The molecule has 1 aliphatic heterocycles. The maximum atomic E-state index is 11.2. The Balaban J connectivity index is 1.70. The summed E-state index contributed by atoms with van der Waals surface area (Å²) >= 11 is 0. The highest BCUT2D eigenvalue weighted by molar-refractivity contribution is 5.65. The first-order valence-corrected chi connectivity index (χ1v) is 8.09. The van der Waals surface area contributed by atoms with E-state index in [9.17, 15) is 9.90 Å². The van der Waals surface area contributed by atoms with Crippen LogP contribution >= 0.6 is 0 Å². The van der Waals surface area contributed by atoms with Gasteiger partial charge < -0.3 is 19.9 Å². The summed E-state index contributed by atoms with van der Waals surface area (Å²) in [5.74, 6) is -0.600. The van der Waals surface area contributed by atoms with Crippen molar-refractivity contribution < 1.29 is 19.4 Å². The normalized spacial score (nSPS) is 26.5. The first-order valence-electron chi connectivity index (χ1n) is 8.09. The van der Waals surface area contributed by atoms with E-state index in [1.54, 1.807) is 0 Å². The molecule has 1 aromatic rings. The zero-order valence-electron chi connectivity index (χ0n) is 13.4. The van der Waals surface area contributed by atoms with Gasteiger partial charge >= 0.3 is 6.09 Å². The van der Waals surface area contributed by atoms with E-state index in [4.69, 9.17) is 9.47 Å². The van der Waals surface area contributed by atoms with Gasteiger partial charge in [-0.2, -0.15) is 0 Å². The molecule has 1 saturated heterocycles. The standard InChI is InChI=1S/C17H24N2O4/c1-19(12-13-5-3-2-4-6-13)15-7-8-17(22-9-10-23-17)11-14(15)18-16(20)21/h2-6,14-15,18H,7-12H2,1H3,(H,20,21). The number of rotatable bonds is 4. The number of hydrogen-bond acceptors (Lipinski definition) is 4. The quantitative estimate of drug-likeness (QED) is 0.888. The van der Waals surface area contributed by atoms with E-state index < -0.39 is 11.9 Å². The van der Waals surface area contributed by atoms with Crippen molar-refractivity contribution >= 4 is 6.09 Å². The summed E-state index contributed by atoms with van der Waals surface area (Å²) in [4.78, 5) is 13.4. The fourth-order valence-corrected chi connectivity index (χ4v) is 3.72. The molecular weight excluding hydrogens is 296 g/mol. The van der Waals surface area contributed by atoms with E-state index in [-0.39, 0.29) is 12.1 Å². The maximum Gasteiger partial charge on any atom is 0.404 e. The van der Waals surface area contributed by atoms with Crippen LogP contribution in [-0.2, 0) is 16.0 Å². The fourth-order valence-electron chi connectivity index (χ4n) is 3.72. The number of carboxylic acid groups (broad SMARTS) is 1. The third-order valence-electron chi connectivity index (χ3n) is 4.78. The third kappa shape index (κ3) is 3.83. The summed E-state index contributed by atoms with van der Waals surface area (Å²) in [5, 5.41) is 11.8. The molecule has 1 spiro atoms. The zero-order valence-corrected chi connectivity index (χ0v) is 13.4. The molecule has 0 radical (unpaired) electrons. The summed E-state index contributed by atoms with van der Waals surface area (Å²) in [6, 6.07) is 10.1. The largest absolute Gasteiger partial charge is 0.465 e. The first kappa shape index (κ1) is 16.2. The van der Waals surface area contributed by atoms with Gasteiger partial charge in [-0.3, -0.25) is 4.90 Å². The molecule has 2 N–H and O–H groups in total. The lowest BCUT2D eigenvalue weighted by Gasteiger charge is -2.44. The Morgan fingerprint density at radius 1 is 1.35 bits per heavy atom. The Morgan fingerprint density at radius 3 is 2.70 bits per heavy atom. The maximum absolute atomic E-state index is 11.2. The second-order valence-electron chi connectivity index (χ2n) is 6.37. The van der Waals surface area contributed by atoms with E-state index in [0.717, 1.165) is 19.4 Å². The van der Waals surface area contributed by atoms with Crippen LogP contribution in [0.2, 0.25) is 0 Å². The zero-order chi connectivity index (χ0) is 16.3. The number of amides is 1. The number of carbonyl (C=O) groups is 1. The van der Waals surface area contributed by atoms with E-state index in [1.807, 2.05) is 25.2 Å². The Hall–Kier alpha value is -1.63. The molecule has 1 amide bonds. The summed E-state index contributed by atoms with van der Waals surface area (Å²) in [5.41, 5.74) is 1.22. The highest BCUT2D eigenvalue weighted by Crippen LogP contribution is 2.37. The molecule has 126 valence electrons. The van der Waals surface area contributed by atoms with Gasteiger partial charge in [0.15, 0.2) is 5.79 Å². The van der Waals surface area contributed by atoms with Crippen LogP contribution in [0.1, 0.15) is 24.8 Å². The second-order valence-corrected chi connectivity index (χ2v) is 6.37. The topological polar surface area (TPSA) is 71.0 Å². The van der Waals surface area contributed by atoms with Crippen LogP contribution in [0.4, 0.5) is 4.79 Å². The molecule has 1 saturated carbocycles. The molecule has 2 fully saturated rings. The molecule has 1 aliphatic carbocycles. The smallest absolute Gasteiger partial charge is 0.404 e. The van der Waals surface area contributed by atoms with Crippen LogP contribution < -0.4 is 5.32 Å². The van der Waals surface area contributed by atoms with Gasteiger partial charge in [0.25, 0.3) is 0 Å². The Morgan fingerprint density at radius 2 is 2.04 bits per heavy atom. The van der Waals surface area contributed by atoms with Gasteiger partial charge in [0.05, 0.1) is 19.3 Å². The van der Waals surface area contributed by atoms with Crippen LogP contribution in [-0.4, -0.2) is 54.2 Å². The molecule has 1 aromatic carbocycles. The van der Waals surface area contributed by atoms with Gasteiger partial charge in [-0.1, -0.05) is 30.3 Å². The molecule has 2 aliphatic rings. The molecule has 23 heavy (non-hydrogen) atoms. The minimum Gasteiger partial charge on any atom is -0.465 e. The molecule has 6 nitrogen and oxygen atoms in total. The van der Waals surface area contributed by atoms with Gasteiger partial charge in [-0.05, 0) is 19.0 Å². The van der Waals surface area contributed by atoms with Crippen LogP contribution in [0.3, 0.4) is 0 Å². The molecule has 6 heteroatoms. The van der Waals surface area contributed by atoms with E-state index in [2.05, 4.69) is 22.3 Å². The monoisotopic (exact) mass is 320 g/mol. The average molecular weight is 320 g/mol. The molecule has 1 heterocycles. The van der Waals surface area contributed by atoms with Crippen molar-refractivity contribution in [2.24, 2.45) is 0 Å². The summed E-state index contributed by atoms with van der Waals surface area (Å²) in [6.07, 6.45) is 1.20. The molecule has 2 atom stereocenters. The Labute approximate surface area is 136 Å². The fraction of sp³-hybridized carbons (Fsp3) is 0.588. The van der Waals surface area contributed by atoms with Gasteiger partial charge in [-0.25, -0.2) is 4.79 Å². The van der Waals surface area contributed by atoms with Crippen molar-refractivity contribution in [2.45, 2.75) is 43.7 Å². The SMILES string of the molecule is CN(Cc1ccccc1)C1CCC2(CC1NC(=O)O)OCCO2. The van der Waals surface area contributed by atoms with Crippen LogP contribution in [0, 0.1) is 0 Å². The summed E-state index contributed by atoms with van der Waals surface area (Å²) in [7, 11) is 2.04. The lowest BCUT2D eigenvalue weighted by atomic mass is 9.84. The van der Waals surface area contributed by atoms with Gasteiger partial charge in [0, 0.05) is 25.4 Å². The van der Waals surface area contributed by atoms with E-state index in [0.29, 0.717) is 19.6 Å². The first-order chi connectivity index (χ1) is 11.1. The highest BCUT2D eigenvalue weighted by atomic mass is 16.7. The van der Waals surface area contributed by atoms with Gasteiger partial charge in [0.1, 0.15) is 0 Å². The Kier molecular flexibility index (Phi) is 4.84. The highest BCUT2D eigenvalue weighted by Gasteiger charge is 2.46. The number of ether oxygens (including phenoxy) is 2. The summed E-state index contributed by atoms with van der Waals surface area (Å²) in [6.45, 7) is 1.96. The van der Waals surface area contributed by atoms with Crippen molar-refractivity contribution in [1.29, 1.82) is 0 Å². The van der Waals surface area contributed by atoms with E-state index in [1.165, 1.54) is 5.56 Å². The molecule has 0 aromatic heterocycles. The lowest BCUT2D eigenvalue weighted by Crippen LogP contribution is -2.57. The van der Waals surface area contributed by atoms with Crippen LogP contribution in [0.25, 0.3) is 0 Å². The Bertz CT molecular complexity index is 531. The average Bonchev–Trinajstić information content (AvgIpc) is 2.95. The van der Waals surface area contributed by atoms with Crippen molar-refractivity contribution in [3.8, 4) is 0 Å². The minimum absolute atomic E-state index is 0.129. The molecule has 3 rings (SSSR count). The molecular formula is C17H24N2O4. The van der Waals surface area contributed by atoms with Crippen LogP contribution in [0.15, 0.2) is 30.3 Å². The molecule has 0 bridgehead atoms. The predicted molar refractivity (Wildman–Crippen MR) is 85.1 cm³/mol. The lowest BCUT2D eigenvalue weighted by molar-refractivity contribution is -0.189. The predicted octanol–water partition coefficient (Wildman–Crippen LogP) is 2.05. The van der Waals surface area contributed by atoms with E-state index >= 15 is 0 Å². The summed E-state index contributed by atoms with van der Waals surface area (Å²) < 4.78 is 11.5. The number of benzene rings is 1. The molecule has 2 unspecified atom stereocenters.